The first-order chi connectivity index (χ1) is 10.2. The summed E-state index contributed by atoms with van der Waals surface area (Å²) in [6, 6.07) is 15.4. The third kappa shape index (κ3) is 4.53. The maximum absolute atomic E-state index is 11.9. The summed E-state index contributed by atoms with van der Waals surface area (Å²) < 4.78 is 5.26. The number of hydrogen-bond acceptors (Lipinski definition) is 3. The van der Waals surface area contributed by atoms with Gasteiger partial charge in [0, 0.05) is 24.2 Å². The SMILES string of the molecule is COc1ccc(N)cc1CNC(=O)CCc1ccccc1. The molecule has 0 aromatic heterocycles. The van der Waals surface area contributed by atoms with Crippen molar-refractivity contribution in [3.8, 4) is 5.75 Å². The summed E-state index contributed by atoms with van der Waals surface area (Å²) in [5.74, 6) is 0.746. The molecule has 0 aliphatic carbocycles. The molecule has 0 heterocycles. The average Bonchev–Trinajstić information content (AvgIpc) is 2.52. The lowest BCUT2D eigenvalue weighted by Gasteiger charge is -2.10. The number of anilines is 1. The van der Waals surface area contributed by atoms with Crippen molar-refractivity contribution in [3.63, 3.8) is 0 Å². The molecule has 110 valence electrons. The maximum atomic E-state index is 11.9. The molecule has 0 saturated carbocycles. The van der Waals surface area contributed by atoms with Crippen molar-refractivity contribution in [3.05, 3.63) is 59.7 Å². The summed E-state index contributed by atoms with van der Waals surface area (Å²) in [5, 5.41) is 2.90. The van der Waals surface area contributed by atoms with E-state index in [0.29, 0.717) is 18.7 Å². The van der Waals surface area contributed by atoms with Crippen molar-refractivity contribution in [2.24, 2.45) is 0 Å². The lowest BCUT2D eigenvalue weighted by atomic mass is 10.1. The number of hydrogen-bond donors (Lipinski definition) is 2. The molecule has 0 spiro atoms. The highest BCUT2D eigenvalue weighted by atomic mass is 16.5. The molecule has 0 bridgehead atoms. The zero-order valence-electron chi connectivity index (χ0n) is 12.1. The first-order valence-electron chi connectivity index (χ1n) is 6.92. The Balaban J connectivity index is 1.85. The van der Waals surface area contributed by atoms with Crippen LogP contribution in [0.1, 0.15) is 17.5 Å². The molecule has 0 fully saturated rings. The van der Waals surface area contributed by atoms with Gasteiger partial charge in [-0.1, -0.05) is 30.3 Å². The Morgan fingerprint density at radius 3 is 2.67 bits per heavy atom. The zero-order valence-corrected chi connectivity index (χ0v) is 12.1. The zero-order chi connectivity index (χ0) is 15.1. The Labute approximate surface area is 124 Å². The van der Waals surface area contributed by atoms with Gasteiger partial charge in [-0.3, -0.25) is 4.79 Å². The molecule has 4 heteroatoms. The minimum absolute atomic E-state index is 0.0170. The lowest BCUT2D eigenvalue weighted by molar-refractivity contribution is -0.121. The van der Waals surface area contributed by atoms with Gasteiger partial charge in [-0.2, -0.15) is 0 Å². The average molecular weight is 284 g/mol. The van der Waals surface area contributed by atoms with Crippen LogP contribution in [0.2, 0.25) is 0 Å². The van der Waals surface area contributed by atoms with Gasteiger partial charge in [0.05, 0.1) is 7.11 Å². The Morgan fingerprint density at radius 2 is 1.95 bits per heavy atom. The molecule has 3 N–H and O–H groups in total. The topological polar surface area (TPSA) is 64.3 Å². The molecule has 0 atom stereocenters. The molecule has 2 aromatic carbocycles. The summed E-state index contributed by atoms with van der Waals surface area (Å²) in [5.41, 5.74) is 8.45. The second-order valence-electron chi connectivity index (χ2n) is 4.83. The van der Waals surface area contributed by atoms with Crippen LogP contribution in [-0.4, -0.2) is 13.0 Å². The van der Waals surface area contributed by atoms with Gasteiger partial charge in [0.1, 0.15) is 5.75 Å². The van der Waals surface area contributed by atoms with E-state index in [0.717, 1.165) is 23.3 Å². The molecule has 21 heavy (non-hydrogen) atoms. The summed E-state index contributed by atoms with van der Waals surface area (Å²) in [6.45, 7) is 0.418. The smallest absolute Gasteiger partial charge is 0.220 e. The number of carbonyl (C=O) groups excluding carboxylic acids is 1. The lowest BCUT2D eigenvalue weighted by Crippen LogP contribution is -2.23. The van der Waals surface area contributed by atoms with E-state index in [1.165, 1.54) is 0 Å². The minimum atomic E-state index is 0.0170. The molecule has 2 rings (SSSR count). The van der Waals surface area contributed by atoms with Crippen LogP contribution in [0, 0.1) is 0 Å². The number of benzene rings is 2. The van der Waals surface area contributed by atoms with Crippen molar-refractivity contribution in [1.82, 2.24) is 5.32 Å². The van der Waals surface area contributed by atoms with Crippen molar-refractivity contribution in [1.29, 1.82) is 0 Å². The van der Waals surface area contributed by atoms with Crippen LogP contribution < -0.4 is 15.8 Å². The summed E-state index contributed by atoms with van der Waals surface area (Å²) in [4.78, 5) is 11.9. The molecule has 0 saturated heterocycles. The Kier molecular flexibility index (Phi) is 5.21. The van der Waals surface area contributed by atoms with E-state index in [4.69, 9.17) is 10.5 Å². The van der Waals surface area contributed by atoms with E-state index < -0.39 is 0 Å². The fourth-order valence-electron chi connectivity index (χ4n) is 2.12. The number of carbonyl (C=O) groups is 1. The number of ether oxygens (including phenoxy) is 1. The van der Waals surface area contributed by atoms with E-state index >= 15 is 0 Å². The van der Waals surface area contributed by atoms with E-state index in [1.807, 2.05) is 36.4 Å². The predicted octanol–water partition coefficient (Wildman–Crippen LogP) is 2.53. The third-order valence-electron chi connectivity index (χ3n) is 3.26. The quantitative estimate of drug-likeness (QED) is 0.801. The fourth-order valence-corrected chi connectivity index (χ4v) is 2.12. The normalized spacial score (nSPS) is 10.1. The Hall–Kier alpha value is -2.49. The standard InChI is InChI=1S/C17H20N2O2/c1-21-16-9-8-15(18)11-14(16)12-19-17(20)10-7-13-5-3-2-4-6-13/h2-6,8-9,11H,7,10,12,18H2,1H3,(H,19,20). The van der Waals surface area contributed by atoms with E-state index in [2.05, 4.69) is 5.32 Å². The van der Waals surface area contributed by atoms with Crippen molar-refractivity contribution in [2.75, 3.05) is 12.8 Å². The number of nitrogen functional groups attached to an aromatic ring is 1. The number of amides is 1. The molecule has 0 aliphatic heterocycles. The minimum Gasteiger partial charge on any atom is -0.496 e. The van der Waals surface area contributed by atoms with E-state index in [9.17, 15) is 4.79 Å². The largest absolute Gasteiger partial charge is 0.496 e. The molecule has 0 aliphatic rings. The molecular formula is C17H20N2O2. The molecule has 2 aromatic rings. The molecule has 0 unspecified atom stereocenters. The van der Waals surface area contributed by atoms with Gasteiger partial charge >= 0.3 is 0 Å². The van der Waals surface area contributed by atoms with E-state index in [-0.39, 0.29) is 5.91 Å². The number of rotatable bonds is 6. The monoisotopic (exact) mass is 284 g/mol. The summed E-state index contributed by atoms with van der Waals surface area (Å²) in [6.07, 6.45) is 1.20. The summed E-state index contributed by atoms with van der Waals surface area (Å²) >= 11 is 0. The highest BCUT2D eigenvalue weighted by Gasteiger charge is 2.06. The number of aryl methyl sites for hydroxylation is 1. The van der Waals surface area contributed by atoms with Gasteiger partial charge in [0.25, 0.3) is 0 Å². The van der Waals surface area contributed by atoms with Gasteiger partial charge in [0.15, 0.2) is 0 Å². The maximum Gasteiger partial charge on any atom is 0.220 e. The third-order valence-corrected chi connectivity index (χ3v) is 3.26. The first kappa shape index (κ1) is 14.9. The van der Waals surface area contributed by atoms with Gasteiger partial charge in [0.2, 0.25) is 5.91 Å². The van der Waals surface area contributed by atoms with Crippen molar-refractivity contribution >= 4 is 11.6 Å². The second kappa shape index (κ2) is 7.33. The Bertz CT molecular complexity index is 597. The molecular weight excluding hydrogens is 264 g/mol. The second-order valence-corrected chi connectivity index (χ2v) is 4.83. The van der Waals surface area contributed by atoms with Crippen LogP contribution in [0.4, 0.5) is 5.69 Å². The van der Waals surface area contributed by atoms with Crippen molar-refractivity contribution < 1.29 is 9.53 Å². The van der Waals surface area contributed by atoms with Crippen LogP contribution in [-0.2, 0) is 17.8 Å². The molecule has 0 radical (unpaired) electrons. The fraction of sp³-hybridized carbons (Fsp3) is 0.235. The van der Waals surface area contributed by atoms with Crippen LogP contribution in [0.5, 0.6) is 5.75 Å². The van der Waals surface area contributed by atoms with Crippen LogP contribution in [0.3, 0.4) is 0 Å². The highest BCUT2D eigenvalue weighted by Crippen LogP contribution is 2.20. The van der Waals surface area contributed by atoms with Crippen molar-refractivity contribution in [2.45, 2.75) is 19.4 Å². The van der Waals surface area contributed by atoms with Crippen LogP contribution in [0.25, 0.3) is 0 Å². The van der Waals surface area contributed by atoms with Crippen LogP contribution in [0.15, 0.2) is 48.5 Å². The number of nitrogens with two attached hydrogens (primary N) is 1. The highest BCUT2D eigenvalue weighted by molar-refractivity contribution is 5.76. The summed E-state index contributed by atoms with van der Waals surface area (Å²) in [7, 11) is 1.60. The first-order valence-corrected chi connectivity index (χ1v) is 6.92. The van der Waals surface area contributed by atoms with Gasteiger partial charge in [-0.25, -0.2) is 0 Å². The van der Waals surface area contributed by atoms with Gasteiger partial charge in [-0.05, 0) is 30.2 Å². The van der Waals surface area contributed by atoms with Gasteiger partial charge < -0.3 is 15.8 Å². The van der Waals surface area contributed by atoms with Gasteiger partial charge in [-0.15, -0.1) is 0 Å². The Morgan fingerprint density at radius 1 is 1.19 bits per heavy atom. The number of methoxy groups -OCH3 is 1. The van der Waals surface area contributed by atoms with Crippen LogP contribution >= 0.6 is 0 Å². The van der Waals surface area contributed by atoms with E-state index in [1.54, 1.807) is 19.2 Å². The molecule has 4 nitrogen and oxygen atoms in total. The number of nitrogens with one attached hydrogen (secondary N) is 1. The predicted molar refractivity (Wildman–Crippen MR) is 84.0 cm³/mol. The molecule has 1 amide bonds.